The Balaban J connectivity index is 2.86. The van der Waals surface area contributed by atoms with Crippen molar-refractivity contribution < 1.29 is 23.8 Å². The Morgan fingerprint density at radius 3 is 2.12 bits per heavy atom. The summed E-state index contributed by atoms with van der Waals surface area (Å²) in [5.41, 5.74) is -0.652. The third-order valence-corrected chi connectivity index (χ3v) is 3.98. The van der Waals surface area contributed by atoms with Crippen LogP contribution < -0.4 is 0 Å². The third-order valence-electron chi connectivity index (χ3n) is 2.30. The third kappa shape index (κ3) is 3.82. The maximum absolute atomic E-state index is 11.0. The molecule has 5 nitrogen and oxygen atoms in total. The van der Waals surface area contributed by atoms with Crippen molar-refractivity contribution in [3.05, 3.63) is 0 Å². The van der Waals surface area contributed by atoms with Crippen LogP contribution in [0.1, 0.15) is 20.8 Å². The standard InChI is InChI=1S/C10H14BrClO5/c1-4-8(16-5(2)13)9(17-6(3)14)7(11)10(12)15-4/h4,7-10H,1-3H3/t4-,7+,8-,9-,10+/m0/s1. The summed E-state index contributed by atoms with van der Waals surface area (Å²) in [6.45, 7) is 4.28. The van der Waals surface area contributed by atoms with Gasteiger partial charge in [0.15, 0.2) is 12.2 Å². The van der Waals surface area contributed by atoms with Crippen molar-refractivity contribution in [3.8, 4) is 0 Å². The van der Waals surface area contributed by atoms with Crippen LogP contribution in [0.4, 0.5) is 0 Å². The summed E-state index contributed by atoms with van der Waals surface area (Å²) in [7, 11) is 0. The number of ether oxygens (including phenoxy) is 3. The van der Waals surface area contributed by atoms with E-state index in [1.54, 1.807) is 6.92 Å². The molecule has 1 heterocycles. The summed E-state index contributed by atoms with van der Waals surface area (Å²) in [6, 6.07) is 0. The first kappa shape index (κ1) is 14.7. The minimum atomic E-state index is -0.671. The molecule has 0 aromatic heterocycles. The van der Waals surface area contributed by atoms with Crippen molar-refractivity contribution in [2.24, 2.45) is 0 Å². The molecule has 1 aliphatic rings. The monoisotopic (exact) mass is 328 g/mol. The molecule has 1 aliphatic heterocycles. The summed E-state index contributed by atoms with van der Waals surface area (Å²) in [6.07, 6.45) is -1.78. The van der Waals surface area contributed by atoms with Crippen LogP contribution in [0, 0.1) is 0 Å². The summed E-state index contributed by atoms with van der Waals surface area (Å²) in [4.78, 5) is 21.6. The predicted molar refractivity (Wildman–Crippen MR) is 64.0 cm³/mol. The number of rotatable bonds is 2. The second kappa shape index (κ2) is 6.02. The smallest absolute Gasteiger partial charge is 0.303 e. The largest absolute Gasteiger partial charge is 0.457 e. The Kier molecular flexibility index (Phi) is 5.22. The normalized spacial score (nSPS) is 37.4. The van der Waals surface area contributed by atoms with Gasteiger partial charge in [-0.05, 0) is 6.92 Å². The highest BCUT2D eigenvalue weighted by molar-refractivity contribution is 9.09. The van der Waals surface area contributed by atoms with Crippen LogP contribution in [0.25, 0.3) is 0 Å². The maximum atomic E-state index is 11.0. The molecule has 7 heteroatoms. The Morgan fingerprint density at radius 2 is 1.65 bits per heavy atom. The maximum Gasteiger partial charge on any atom is 0.303 e. The molecule has 0 unspecified atom stereocenters. The van der Waals surface area contributed by atoms with Gasteiger partial charge in [0.05, 0.1) is 10.9 Å². The Bertz CT molecular complexity index is 311. The molecule has 0 bridgehead atoms. The van der Waals surface area contributed by atoms with Gasteiger partial charge >= 0.3 is 11.9 Å². The second-order valence-corrected chi connectivity index (χ2v) is 5.27. The van der Waals surface area contributed by atoms with Gasteiger partial charge in [-0.3, -0.25) is 9.59 Å². The average Bonchev–Trinajstić information content (AvgIpc) is 2.19. The van der Waals surface area contributed by atoms with E-state index in [4.69, 9.17) is 25.8 Å². The Labute approximate surface area is 113 Å². The highest BCUT2D eigenvalue weighted by Gasteiger charge is 2.46. The van der Waals surface area contributed by atoms with Gasteiger partial charge in [-0.1, -0.05) is 27.5 Å². The van der Waals surface area contributed by atoms with Crippen LogP contribution in [0.3, 0.4) is 0 Å². The molecule has 0 aromatic rings. The minimum absolute atomic E-state index is 0.436. The van der Waals surface area contributed by atoms with Crippen molar-refractivity contribution in [3.63, 3.8) is 0 Å². The van der Waals surface area contributed by atoms with Crippen LogP contribution in [-0.2, 0) is 23.8 Å². The lowest BCUT2D eigenvalue weighted by Crippen LogP contribution is -2.55. The van der Waals surface area contributed by atoms with Crippen LogP contribution in [0.15, 0.2) is 0 Å². The first-order chi connectivity index (χ1) is 7.82. The molecule has 17 heavy (non-hydrogen) atoms. The fourth-order valence-corrected chi connectivity index (χ4v) is 2.47. The molecule has 0 aliphatic carbocycles. The minimum Gasteiger partial charge on any atom is -0.457 e. The van der Waals surface area contributed by atoms with Gasteiger partial charge in [-0.2, -0.15) is 0 Å². The summed E-state index contributed by atoms with van der Waals surface area (Å²) in [5, 5.41) is 0. The van der Waals surface area contributed by atoms with Gasteiger partial charge in [-0.15, -0.1) is 0 Å². The lowest BCUT2D eigenvalue weighted by Gasteiger charge is -2.40. The van der Waals surface area contributed by atoms with Crippen molar-refractivity contribution in [1.82, 2.24) is 0 Å². The fourth-order valence-electron chi connectivity index (χ4n) is 1.63. The molecule has 0 amide bonds. The first-order valence-electron chi connectivity index (χ1n) is 5.11. The topological polar surface area (TPSA) is 61.8 Å². The van der Waals surface area contributed by atoms with E-state index < -0.39 is 40.6 Å². The number of alkyl halides is 2. The molecule has 1 saturated heterocycles. The molecule has 0 radical (unpaired) electrons. The molecular formula is C10H14BrClO5. The molecule has 1 rings (SSSR count). The van der Waals surface area contributed by atoms with Crippen molar-refractivity contribution in [1.29, 1.82) is 0 Å². The van der Waals surface area contributed by atoms with Gasteiger partial charge < -0.3 is 14.2 Å². The zero-order chi connectivity index (χ0) is 13.2. The summed E-state index contributed by atoms with van der Waals surface area (Å²) < 4.78 is 15.6. The predicted octanol–water partition coefficient (Wildman–Crippen LogP) is 1.60. The zero-order valence-corrected chi connectivity index (χ0v) is 12.0. The number of hydrogen-bond donors (Lipinski definition) is 0. The van der Waals surface area contributed by atoms with Gasteiger partial charge in [0.1, 0.15) is 5.56 Å². The molecule has 1 fully saturated rings. The van der Waals surface area contributed by atoms with Crippen LogP contribution in [0.2, 0.25) is 0 Å². The molecule has 5 atom stereocenters. The van der Waals surface area contributed by atoms with E-state index in [1.165, 1.54) is 13.8 Å². The fraction of sp³-hybridized carbons (Fsp3) is 0.800. The molecule has 0 aromatic carbocycles. The SMILES string of the molecule is CC(=O)O[C@@H]1[C@@H](OC(C)=O)[C@@H](Br)[C@H](Cl)O[C@H]1C. The summed E-state index contributed by atoms with van der Waals surface area (Å²) in [5.74, 6) is -0.926. The quantitative estimate of drug-likeness (QED) is 0.569. The van der Waals surface area contributed by atoms with E-state index in [9.17, 15) is 9.59 Å². The molecule has 0 saturated carbocycles. The molecule has 0 N–H and O–H groups in total. The van der Waals surface area contributed by atoms with E-state index in [0.29, 0.717) is 0 Å². The van der Waals surface area contributed by atoms with Gasteiger partial charge in [-0.25, -0.2) is 0 Å². The average molecular weight is 330 g/mol. The Hall–Kier alpha value is -0.330. The van der Waals surface area contributed by atoms with E-state index in [1.807, 2.05) is 0 Å². The van der Waals surface area contributed by atoms with Gasteiger partial charge in [0.25, 0.3) is 0 Å². The van der Waals surface area contributed by atoms with Crippen molar-refractivity contribution in [2.75, 3.05) is 0 Å². The van der Waals surface area contributed by atoms with E-state index in [2.05, 4.69) is 15.9 Å². The van der Waals surface area contributed by atoms with Gasteiger partial charge in [0.2, 0.25) is 0 Å². The molecular weight excluding hydrogens is 315 g/mol. The lowest BCUT2D eigenvalue weighted by molar-refractivity contribution is -0.192. The second-order valence-electron chi connectivity index (χ2n) is 3.78. The van der Waals surface area contributed by atoms with Crippen molar-refractivity contribution >= 4 is 39.5 Å². The number of carbonyl (C=O) groups excluding carboxylic acids is 2. The van der Waals surface area contributed by atoms with Crippen LogP contribution in [-0.4, -0.2) is 40.6 Å². The highest BCUT2D eigenvalue weighted by atomic mass is 79.9. The lowest BCUT2D eigenvalue weighted by atomic mass is 10.0. The number of halogens is 2. The van der Waals surface area contributed by atoms with Crippen molar-refractivity contribution in [2.45, 2.75) is 49.5 Å². The Morgan fingerprint density at radius 1 is 1.18 bits per heavy atom. The molecule has 0 spiro atoms. The van der Waals surface area contributed by atoms with E-state index in [-0.39, 0.29) is 0 Å². The van der Waals surface area contributed by atoms with E-state index in [0.717, 1.165) is 0 Å². The summed E-state index contributed by atoms with van der Waals surface area (Å²) >= 11 is 9.22. The molecule has 98 valence electrons. The number of esters is 2. The number of carbonyl (C=O) groups is 2. The first-order valence-corrected chi connectivity index (χ1v) is 6.46. The number of hydrogen-bond acceptors (Lipinski definition) is 5. The van der Waals surface area contributed by atoms with Crippen LogP contribution >= 0.6 is 27.5 Å². The highest BCUT2D eigenvalue weighted by Crippen LogP contribution is 2.32. The van der Waals surface area contributed by atoms with E-state index >= 15 is 0 Å². The van der Waals surface area contributed by atoms with Gasteiger partial charge in [0, 0.05) is 13.8 Å². The zero-order valence-electron chi connectivity index (χ0n) is 9.68. The van der Waals surface area contributed by atoms with Crippen LogP contribution in [0.5, 0.6) is 0 Å².